The third-order valence-corrected chi connectivity index (χ3v) is 6.37. The number of carbonyl (C=O) groups is 1. The van der Waals surface area contributed by atoms with Crippen molar-refractivity contribution in [2.75, 3.05) is 32.4 Å². The van der Waals surface area contributed by atoms with Crippen LogP contribution in [-0.2, 0) is 11.3 Å². The van der Waals surface area contributed by atoms with E-state index in [0.29, 0.717) is 35.7 Å². The number of amides is 1. The third-order valence-electron chi connectivity index (χ3n) is 6.37. The monoisotopic (exact) mass is 442 g/mol. The Bertz CT molecular complexity index is 1290. The van der Waals surface area contributed by atoms with Gasteiger partial charge >= 0.3 is 0 Å². The van der Waals surface area contributed by atoms with Crippen LogP contribution in [0.15, 0.2) is 36.7 Å². The number of likely N-dealkylation sites (N-methyl/N-ethyl adjacent to an activating group) is 1. The number of likely N-dealkylation sites (tertiary alicyclic amines) is 2. The lowest BCUT2D eigenvalue weighted by Gasteiger charge is -2.16. The second-order valence-electron chi connectivity index (χ2n) is 8.78. The zero-order valence-corrected chi connectivity index (χ0v) is 18.6. The van der Waals surface area contributed by atoms with Gasteiger partial charge in [0.15, 0.2) is 5.82 Å². The fraction of sp³-hybridized carbons (Fsp3) is 0.360. The van der Waals surface area contributed by atoms with Crippen LogP contribution in [0.25, 0.3) is 22.3 Å². The number of benzene rings is 1. The SMILES string of the molecule is CN1CCC(O)(C#Cc2cccc(-c3ncc4c(CN5CCCC5)cnc(N)c4n3)c2)C1=O. The summed E-state index contributed by atoms with van der Waals surface area (Å²) in [7, 11) is 1.66. The molecule has 0 bridgehead atoms. The second-order valence-corrected chi connectivity index (χ2v) is 8.78. The maximum Gasteiger partial charge on any atom is 0.267 e. The molecule has 2 saturated heterocycles. The topological polar surface area (TPSA) is 108 Å². The first-order valence-corrected chi connectivity index (χ1v) is 11.2. The first-order valence-electron chi connectivity index (χ1n) is 11.2. The van der Waals surface area contributed by atoms with Crippen molar-refractivity contribution >= 4 is 22.6 Å². The number of nitrogens with zero attached hydrogens (tertiary/aromatic N) is 5. The van der Waals surface area contributed by atoms with Crippen LogP contribution in [0.3, 0.4) is 0 Å². The van der Waals surface area contributed by atoms with Gasteiger partial charge in [-0.2, -0.15) is 0 Å². The van der Waals surface area contributed by atoms with E-state index >= 15 is 0 Å². The molecule has 0 radical (unpaired) electrons. The number of anilines is 1. The predicted octanol–water partition coefficient (Wildman–Crippen LogP) is 1.81. The Hall–Kier alpha value is -3.54. The third kappa shape index (κ3) is 4.13. The van der Waals surface area contributed by atoms with Gasteiger partial charge < -0.3 is 15.7 Å². The van der Waals surface area contributed by atoms with Crippen molar-refractivity contribution in [1.29, 1.82) is 0 Å². The molecule has 1 amide bonds. The lowest BCUT2D eigenvalue weighted by atomic mass is 10.0. The number of aliphatic hydroxyl groups is 1. The van der Waals surface area contributed by atoms with E-state index in [-0.39, 0.29) is 5.91 Å². The Balaban J connectivity index is 1.46. The summed E-state index contributed by atoms with van der Waals surface area (Å²) >= 11 is 0. The molecule has 4 heterocycles. The van der Waals surface area contributed by atoms with E-state index in [1.807, 2.05) is 36.7 Å². The number of fused-ring (bicyclic) bond motifs is 1. The number of hydrogen-bond acceptors (Lipinski definition) is 7. The molecule has 2 aliphatic rings. The molecule has 2 aromatic heterocycles. The Morgan fingerprint density at radius 1 is 1.18 bits per heavy atom. The molecule has 0 spiro atoms. The highest BCUT2D eigenvalue weighted by Crippen LogP contribution is 2.26. The first kappa shape index (κ1) is 21.3. The van der Waals surface area contributed by atoms with Crippen molar-refractivity contribution in [3.05, 3.63) is 47.8 Å². The van der Waals surface area contributed by atoms with E-state index in [0.717, 1.165) is 36.1 Å². The van der Waals surface area contributed by atoms with Gasteiger partial charge in [0.05, 0.1) is 0 Å². The number of pyridine rings is 1. The van der Waals surface area contributed by atoms with Crippen molar-refractivity contribution in [2.45, 2.75) is 31.4 Å². The largest absolute Gasteiger partial charge is 0.382 e. The van der Waals surface area contributed by atoms with Gasteiger partial charge in [-0.1, -0.05) is 24.0 Å². The molecule has 8 nitrogen and oxygen atoms in total. The smallest absolute Gasteiger partial charge is 0.267 e. The van der Waals surface area contributed by atoms with Gasteiger partial charge in [-0.3, -0.25) is 9.69 Å². The molecule has 3 N–H and O–H groups in total. The maximum atomic E-state index is 12.2. The van der Waals surface area contributed by atoms with Crippen molar-refractivity contribution in [3.8, 4) is 23.2 Å². The summed E-state index contributed by atoms with van der Waals surface area (Å²) in [6, 6.07) is 7.42. The van der Waals surface area contributed by atoms with Gasteiger partial charge in [-0.05, 0) is 43.6 Å². The van der Waals surface area contributed by atoms with Gasteiger partial charge in [0.2, 0.25) is 5.60 Å². The van der Waals surface area contributed by atoms with Crippen LogP contribution in [0.5, 0.6) is 0 Å². The summed E-state index contributed by atoms with van der Waals surface area (Å²) in [5, 5.41) is 11.5. The van der Waals surface area contributed by atoms with E-state index in [4.69, 9.17) is 10.7 Å². The highest BCUT2D eigenvalue weighted by atomic mass is 16.3. The number of carbonyl (C=O) groups excluding carboxylic acids is 1. The molecule has 1 aromatic carbocycles. The number of nitrogen functional groups attached to an aromatic ring is 1. The lowest BCUT2D eigenvalue weighted by Crippen LogP contribution is -2.37. The average Bonchev–Trinajstić information content (AvgIpc) is 3.44. The summed E-state index contributed by atoms with van der Waals surface area (Å²) in [4.78, 5) is 29.7. The average molecular weight is 443 g/mol. The van der Waals surface area contributed by atoms with Gasteiger partial charge in [0.1, 0.15) is 11.3 Å². The number of nitrogens with two attached hydrogens (primary N) is 1. The minimum Gasteiger partial charge on any atom is -0.382 e. The normalized spacial score (nSPS) is 20.9. The standard InChI is InChI=1S/C25H26N6O2/c1-30-12-9-25(33,24(30)32)8-7-17-5-4-6-18(13-17)23-28-15-20-19(16-31-10-2-3-11-31)14-27-22(26)21(20)29-23/h4-6,13-15,33H,2-3,9-12,16H2,1H3,(H2,26,27). The van der Waals surface area contributed by atoms with Gasteiger partial charge in [-0.15, -0.1) is 0 Å². The maximum absolute atomic E-state index is 12.2. The van der Waals surface area contributed by atoms with Crippen LogP contribution < -0.4 is 5.73 Å². The minimum atomic E-state index is -1.63. The molecular formula is C25H26N6O2. The van der Waals surface area contributed by atoms with Gasteiger partial charge in [0.25, 0.3) is 5.91 Å². The van der Waals surface area contributed by atoms with E-state index in [9.17, 15) is 9.90 Å². The van der Waals surface area contributed by atoms with Crippen LogP contribution in [0, 0.1) is 11.8 Å². The Kier molecular flexibility index (Phi) is 5.44. The molecule has 0 saturated carbocycles. The second kappa shape index (κ2) is 8.43. The number of hydrogen-bond donors (Lipinski definition) is 2. The molecular weight excluding hydrogens is 416 g/mol. The molecule has 1 unspecified atom stereocenters. The molecule has 8 heteroatoms. The molecule has 1 atom stereocenters. The molecule has 2 fully saturated rings. The summed E-state index contributed by atoms with van der Waals surface area (Å²) in [6.45, 7) is 3.49. The highest BCUT2D eigenvalue weighted by Gasteiger charge is 2.42. The number of aromatic nitrogens is 3. The quantitative estimate of drug-likeness (QED) is 0.596. The summed E-state index contributed by atoms with van der Waals surface area (Å²) in [5.74, 6) is 6.23. The van der Waals surface area contributed by atoms with Crippen LogP contribution >= 0.6 is 0 Å². The molecule has 168 valence electrons. The Labute approximate surface area is 192 Å². The predicted molar refractivity (Wildman–Crippen MR) is 126 cm³/mol. The van der Waals surface area contributed by atoms with Gasteiger partial charge in [0, 0.05) is 55.5 Å². The molecule has 5 rings (SSSR count). The van der Waals surface area contributed by atoms with Crippen molar-refractivity contribution in [2.24, 2.45) is 0 Å². The summed E-state index contributed by atoms with van der Waals surface area (Å²) in [5.41, 5.74) is 7.69. The highest BCUT2D eigenvalue weighted by molar-refractivity contribution is 5.91. The van der Waals surface area contributed by atoms with Crippen LogP contribution in [0.1, 0.15) is 30.4 Å². The fourth-order valence-corrected chi connectivity index (χ4v) is 4.42. The van der Waals surface area contributed by atoms with Crippen molar-refractivity contribution in [3.63, 3.8) is 0 Å². The Morgan fingerprint density at radius 2 is 2.00 bits per heavy atom. The van der Waals surface area contributed by atoms with E-state index in [1.165, 1.54) is 17.7 Å². The molecule has 0 aliphatic carbocycles. The Morgan fingerprint density at radius 3 is 2.76 bits per heavy atom. The summed E-state index contributed by atoms with van der Waals surface area (Å²) in [6.07, 6.45) is 6.39. The molecule has 2 aliphatic heterocycles. The lowest BCUT2D eigenvalue weighted by molar-refractivity contribution is -0.137. The van der Waals surface area contributed by atoms with Crippen molar-refractivity contribution < 1.29 is 9.90 Å². The van der Waals surface area contributed by atoms with Crippen LogP contribution in [0.2, 0.25) is 0 Å². The van der Waals surface area contributed by atoms with Crippen LogP contribution in [0.4, 0.5) is 5.82 Å². The van der Waals surface area contributed by atoms with E-state index < -0.39 is 5.60 Å². The zero-order valence-electron chi connectivity index (χ0n) is 18.6. The summed E-state index contributed by atoms with van der Waals surface area (Å²) < 4.78 is 0. The molecule has 33 heavy (non-hydrogen) atoms. The fourth-order valence-electron chi connectivity index (χ4n) is 4.42. The van der Waals surface area contributed by atoms with Gasteiger partial charge in [-0.25, -0.2) is 15.0 Å². The van der Waals surface area contributed by atoms with Crippen molar-refractivity contribution in [1.82, 2.24) is 24.8 Å². The van der Waals surface area contributed by atoms with Crippen LogP contribution in [-0.4, -0.2) is 68.0 Å². The first-order chi connectivity index (χ1) is 15.9. The van der Waals surface area contributed by atoms with E-state index in [2.05, 4.69) is 26.7 Å². The minimum absolute atomic E-state index is 0.300. The van der Waals surface area contributed by atoms with E-state index in [1.54, 1.807) is 7.05 Å². The number of rotatable bonds is 3. The zero-order chi connectivity index (χ0) is 23.0. The molecule has 3 aromatic rings.